The van der Waals surface area contributed by atoms with Crippen molar-refractivity contribution in [2.75, 3.05) is 44.2 Å². The van der Waals surface area contributed by atoms with Gasteiger partial charge in [-0.3, -0.25) is 4.90 Å². The van der Waals surface area contributed by atoms with Crippen LogP contribution in [-0.2, 0) is 7.05 Å². The fraction of sp³-hybridized carbons (Fsp3) is 0.421. The van der Waals surface area contributed by atoms with E-state index in [1.54, 1.807) is 0 Å². The highest BCUT2D eigenvalue weighted by molar-refractivity contribution is 5.78. The van der Waals surface area contributed by atoms with E-state index < -0.39 is 0 Å². The normalized spacial score (nSPS) is 15.5. The quantitative estimate of drug-likeness (QED) is 0.699. The average molecular weight is 352 g/mol. The number of para-hydroxylation sites is 2. The van der Waals surface area contributed by atoms with Gasteiger partial charge >= 0.3 is 0 Å². The summed E-state index contributed by atoms with van der Waals surface area (Å²) >= 11 is 0. The number of benzene rings is 1. The molecule has 7 nitrogen and oxygen atoms in total. The van der Waals surface area contributed by atoms with E-state index in [1.807, 2.05) is 25.1 Å². The van der Waals surface area contributed by atoms with Crippen molar-refractivity contribution in [1.29, 1.82) is 0 Å². The molecule has 1 aliphatic rings. The second-order valence-electron chi connectivity index (χ2n) is 6.65. The van der Waals surface area contributed by atoms with Crippen molar-refractivity contribution in [1.82, 2.24) is 24.6 Å². The fourth-order valence-electron chi connectivity index (χ4n) is 3.33. The second kappa shape index (κ2) is 7.29. The Morgan fingerprint density at radius 3 is 2.54 bits per heavy atom. The summed E-state index contributed by atoms with van der Waals surface area (Å²) in [6.45, 7) is 7.40. The Kier molecular flexibility index (Phi) is 4.71. The van der Waals surface area contributed by atoms with Gasteiger partial charge < -0.3 is 14.2 Å². The van der Waals surface area contributed by atoms with Crippen LogP contribution in [0.2, 0.25) is 0 Å². The molecule has 0 saturated carbocycles. The SMILES string of the molecule is Cc1ccc(OCCN2CCN(c3nc4ccccc4n3C)CC2)nn1. The predicted octanol–water partition coefficient (Wildman–Crippen LogP) is 1.87. The molecule has 1 saturated heterocycles. The number of hydrogen-bond donors (Lipinski definition) is 0. The van der Waals surface area contributed by atoms with Crippen LogP contribution in [0.3, 0.4) is 0 Å². The minimum atomic E-state index is 0.592. The van der Waals surface area contributed by atoms with Crippen LogP contribution in [0.5, 0.6) is 5.88 Å². The van der Waals surface area contributed by atoms with Gasteiger partial charge in [-0.25, -0.2) is 4.98 Å². The van der Waals surface area contributed by atoms with Crippen LogP contribution in [-0.4, -0.2) is 64.0 Å². The molecule has 1 fully saturated rings. The summed E-state index contributed by atoms with van der Waals surface area (Å²) in [5, 5.41) is 8.04. The van der Waals surface area contributed by atoms with E-state index in [0.29, 0.717) is 12.5 Å². The van der Waals surface area contributed by atoms with E-state index in [0.717, 1.165) is 49.9 Å². The number of aryl methyl sites for hydroxylation is 2. The standard InChI is InChI=1S/C19H24N6O/c1-15-7-8-18(22-21-15)26-14-13-24-9-11-25(12-10-24)19-20-16-5-3-4-6-17(16)23(19)2/h3-8H,9-14H2,1-2H3. The van der Waals surface area contributed by atoms with Crippen molar-refractivity contribution in [2.45, 2.75) is 6.92 Å². The van der Waals surface area contributed by atoms with Crippen molar-refractivity contribution < 1.29 is 4.74 Å². The molecule has 1 aromatic carbocycles. The lowest BCUT2D eigenvalue weighted by Crippen LogP contribution is -2.48. The molecule has 0 N–H and O–H groups in total. The maximum absolute atomic E-state index is 5.69. The first kappa shape index (κ1) is 16.8. The van der Waals surface area contributed by atoms with Gasteiger partial charge in [0, 0.05) is 45.8 Å². The van der Waals surface area contributed by atoms with Gasteiger partial charge in [-0.2, -0.15) is 5.10 Å². The molecule has 3 heterocycles. The Labute approximate surface area is 153 Å². The maximum Gasteiger partial charge on any atom is 0.233 e. The maximum atomic E-state index is 5.69. The third kappa shape index (κ3) is 3.48. The van der Waals surface area contributed by atoms with E-state index in [-0.39, 0.29) is 0 Å². The molecule has 1 aliphatic heterocycles. The Morgan fingerprint density at radius 2 is 1.81 bits per heavy atom. The van der Waals surface area contributed by atoms with Crippen molar-refractivity contribution >= 4 is 17.0 Å². The zero-order valence-electron chi connectivity index (χ0n) is 15.3. The molecule has 4 rings (SSSR count). The van der Waals surface area contributed by atoms with Gasteiger partial charge in [0.15, 0.2) is 0 Å². The van der Waals surface area contributed by atoms with Crippen LogP contribution < -0.4 is 9.64 Å². The molecule has 3 aromatic rings. The van der Waals surface area contributed by atoms with Crippen molar-refractivity contribution in [3.05, 3.63) is 42.1 Å². The number of fused-ring (bicyclic) bond motifs is 1. The third-order valence-corrected chi connectivity index (χ3v) is 4.85. The number of nitrogens with zero attached hydrogens (tertiary/aromatic N) is 6. The summed E-state index contributed by atoms with van der Waals surface area (Å²) < 4.78 is 7.87. The monoisotopic (exact) mass is 352 g/mol. The lowest BCUT2D eigenvalue weighted by atomic mass is 10.3. The van der Waals surface area contributed by atoms with Crippen LogP contribution in [0.25, 0.3) is 11.0 Å². The van der Waals surface area contributed by atoms with Crippen LogP contribution >= 0.6 is 0 Å². The van der Waals surface area contributed by atoms with Crippen LogP contribution in [0.15, 0.2) is 36.4 Å². The van der Waals surface area contributed by atoms with Gasteiger partial charge in [0.05, 0.1) is 16.7 Å². The lowest BCUT2D eigenvalue weighted by molar-refractivity contribution is 0.195. The lowest BCUT2D eigenvalue weighted by Gasteiger charge is -2.35. The first-order valence-corrected chi connectivity index (χ1v) is 9.02. The molecule has 7 heteroatoms. The van der Waals surface area contributed by atoms with Gasteiger partial charge in [0.2, 0.25) is 11.8 Å². The smallest absolute Gasteiger partial charge is 0.233 e. The molecular weight excluding hydrogens is 328 g/mol. The highest BCUT2D eigenvalue weighted by atomic mass is 16.5. The summed E-state index contributed by atoms with van der Waals surface area (Å²) in [7, 11) is 2.09. The minimum absolute atomic E-state index is 0.592. The van der Waals surface area contributed by atoms with E-state index in [2.05, 4.69) is 49.8 Å². The van der Waals surface area contributed by atoms with Crippen molar-refractivity contribution in [3.8, 4) is 5.88 Å². The minimum Gasteiger partial charge on any atom is -0.475 e. The molecular formula is C19H24N6O. The average Bonchev–Trinajstić information content (AvgIpc) is 3.01. The van der Waals surface area contributed by atoms with E-state index in [4.69, 9.17) is 9.72 Å². The Balaban J connectivity index is 1.29. The third-order valence-electron chi connectivity index (χ3n) is 4.85. The molecule has 2 aromatic heterocycles. The van der Waals surface area contributed by atoms with Gasteiger partial charge in [-0.05, 0) is 25.1 Å². The highest BCUT2D eigenvalue weighted by Gasteiger charge is 2.21. The molecule has 0 spiro atoms. The number of imidazole rings is 1. The first-order chi connectivity index (χ1) is 12.7. The molecule has 0 unspecified atom stereocenters. The molecule has 26 heavy (non-hydrogen) atoms. The van der Waals surface area contributed by atoms with Gasteiger partial charge in [-0.15, -0.1) is 5.10 Å². The number of ether oxygens (including phenoxy) is 1. The second-order valence-corrected chi connectivity index (χ2v) is 6.65. The summed E-state index contributed by atoms with van der Waals surface area (Å²) in [6.07, 6.45) is 0. The molecule has 136 valence electrons. The molecule has 0 bridgehead atoms. The molecule has 0 aliphatic carbocycles. The Morgan fingerprint density at radius 1 is 1.00 bits per heavy atom. The van der Waals surface area contributed by atoms with Gasteiger partial charge in [0.1, 0.15) is 6.61 Å². The molecule has 0 atom stereocenters. The number of anilines is 1. The highest BCUT2D eigenvalue weighted by Crippen LogP contribution is 2.21. The summed E-state index contributed by atoms with van der Waals surface area (Å²) in [4.78, 5) is 9.58. The number of piperazine rings is 1. The van der Waals surface area contributed by atoms with Gasteiger partial charge in [-0.1, -0.05) is 12.1 Å². The van der Waals surface area contributed by atoms with Crippen LogP contribution in [0.1, 0.15) is 5.69 Å². The zero-order chi connectivity index (χ0) is 17.9. The first-order valence-electron chi connectivity index (χ1n) is 9.02. The number of rotatable bonds is 5. The molecule has 0 amide bonds. The van der Waals surface area contributed by atoms with Crippen molar-refractivity contribution in [3.63, 3.8) is 0 Å². The Bertz CT molecular complexity index is 867. The van der Waals surface area contributed by atoms with Crippen LogP contribution in [0, 0.1) is 6.92 Å². The summed E-state index contributed by atoms with van der Waals surface area (Å²) in [5.41, 5.74) is 3.13. The summed E-state index contributed by atoms with van der Waals surface area (Å²) in [6, 6.07) is 12.1. The van der Waals surface area contributed by atoms with Crippen molar-refractivity contribution in [2.24, 2.45) is 7.05 Å². The Hall–Kier alpha value is -2.67. The van der Waals surface area contributed by atoms with E-state index in [9.17, 15) is 0 Å². The predicted molar refractivity (Wildman–Crippen MR) is 102 cm³/mol. The molecule has 0 radical (unpaired) electrons. The topological polar surface area (TPSA) is 59.3 Å². The largest absolute Gasteiger partial charge is 0.475 e. The van der Waals surface area contributed by atoms with Crippen LogP contribution in [0.4, 0.5) is 5.95 Å². The fourth-order valence-corrected chi connectivity index (χ4v) is 3.33. The summed E-state index contributed by atoms with van der Waals surface area (Å²) in [5.74, 6) is 1.64. The zero-order valence-corrected chi connectivity index (χ0v) is 15.3. The van der Waals surface area contributed by atoms with E-state index >= 15 is 0 Å². The van der Waals surface area contributed by atoms with Gasteiger partial charge in [0.25, 0.3) is 0 Å². The number of aromatic nitrogens is 4. The van der Waals surface area contributed by atoms with E-state index in [1.165, 1.54) is 5.52 Å². The number of hydrogen-bond acceptors (Lipinski definition) is 6.